The van der Waals surface area contributed by atoms with E-state index in [4.69, 9.17) is 11.6 Å². The number of hydrogen-bond acceptors (Lipinski definition) is 7. The van der Waals surface area contributed by atoms with Gasteiger partial charge in [-0.2, -0.15) is 4.31 Å². The Morgan fingerprint density at radius 1 is 1.29 bits per heavy atom. The van der Waals surface area contributed by atoms with E-state index in [1.807, 2.05) is 4.90 Å². The monoisotopic (exact) mass is 395 g/mol. The van der Waals surface area contributed by atoms with Crippen LogP contribution in [-0.2, 0) is 24.3 Å². The molecule has 1 aromatic rings. The average molecular weight is 396 g/mol. The number of halogens is 1. The molecule has 0 bridgehead atoms. The van der Waals surface area contributed by atoms with Gasteiger partial charge in [-0.05, 0) is 12.1 Å². The number of hydrogen-bond donors (Lipinski definition) is 1. The summed E-state index contributed by atoms with van der Waals surface area (Å²) in [6.45, 7) is 1.39. The fourth-order valence-corrected chi connectivity index (χ4v) is 5.25. The van der Waals surface area contributed by atoms with Gasteiger partial charge in [0, 0.05) is 26.2 Å². The summed E-state index contributed by atoms with van der Waals surface area (Å²) in [7, 11) is -2.29. The van der Waals surface area contributed by atoms with Crippen molar-refractivity contribution in [3.05, 3.63) is 16.5 Å². The van der Waals surface area contributed by atoms with E-state index in [0.717, 1.165) is 11.3 Å². The minimum absolute atomic E-state index is 0.107. The number of nitrogens with one attached hydrogen (secondary N) is 1. The van der Waals surface area contributed by atoms with E-state index in [0.29, 0.717) is 30.5 Å². The normalized spacial score (nSPS) is 16.8. The lowest BCUT2D eigenvalue weighted by Crippen LogP contribution is -2.51. The van der Waals surface area contributed by atoms with Crippen molar-refractivity contribution in [2.24, 2.45) is 0 Å². The minimum Gasteiger partial charge on any atom is -0.468 e. The number of nitrogens with zero attached hydrogens (tertiary/aromatic N) is 2. The number of thiophene rings is 1. The van der Waals surface area contributed by atoms with Gasteiger partial charge in [0.05, 0.1) is 18.0 Å². The lowest BCUT2D eigenvalue weighted by atomic mass is 10.3. The molecule has 0 saturated carbocycles. The van der Waals surface area contributed by atoms with E-state index < -0.39 is 16.0 Å². The molecule has 8 nitrogen and oxygen atoms in total. The first-order valence-electron chi connectivity index (χ1n) is 7.14. The number of ether oxygens (including phenoxy) is 1. The van der Waals surface area contributed by atoms with Crippen molar-refractivity contribution in [1.82, 2.24) is 14.5 Å². The second kappa shape index (κ2) is 8.26. The van der Waals surface area contributed by atoms with Crippen LogP contribution < -0.4 is 5.32 Å². The third kappa shape index (κ3) is 4.90. The molecule has 0 atom stereocenters. The summed E-state index contributed by atoms with van der Waals surface area (Å²) >= 11 is 6.82. The molecule has 0 aromatic carbocycles. The van der Waals surface area contributed by atoms with E-state index in [2.05, 4.69) is 10.1 Å². The van der Waals surface area contributed by atoms with Gasteiger partial charge in [0.2, 0.25) is 5.91 Å². The number of carbonyl (C=O) groups is 2. The van der Waals surface area contributed by atoms with E-state index >= 15 is 0 Å². The summed E-state index contributed by atoms with van der Waals surface area (Å²) in [4.78, 5) is 24.5. The first-order valence-corrected chi connectivity index (χ1v) is 9.77. The molecule has 1 aliphatic rings. The van der Waals surface area contributed by atoms with Gasteiger partial charge in [-0.3, -0.25) is 14.5 Å². The van der Waals surface area contributed by atoms with Crippen LogP contribution in [0.2, 0.25) is 4.34 Å². The van der Waals surface area contributed by atoms with Gasteiger partial charge >= 0.3 is 5.97 Å². The van der Waals surface area contributed by atoms with Crippen LogP contribution in [0.1, 0.15) is 0 Å². The van der Waals surface area contributed by atoms with Gasteiger partial charge in [-0.25, -0.2) is 8.42 Å². The molecular formula is C13H18ClN3O5S2. The summed E-state index contributed by atoms with van der Waals surface area (Å²) in [6.07, 6.45) is 0. The second-order valence-electron chi connectivity index (χ2n) is 5.09. The predicted octanol–water partition coefficient (Wildman–Crippen LogP) is -0.00300. The quantitative estimate of drug-likeness (QED) is 0.681. The highest BCUT2D eigenvalue weighted by Gasteiger charge is 2.30. The summed E-state index contributed by atoms with van der Waals surface area (Å²) in [6, 6.07) is 3.05. The minimum atomic E-state index is -3.54. The molecule has 1 amide bonds. The van der Waals surface area contributed by atoms with Crippen LogP contribution in [0.25, 0.3) is 0 Å². The van der Waals surface area contributed by atoms with Crippen molar-refractivity contribution in [2.45, 2.75) is 4.21 Å². The highest BCUT2D eigenvalue weighted by Crippen LogP contribution is 2.28. The van der Waals surface area contributed by atoms with Gasteiger partial charge < -0.3 is 10.1 Å². The van der Waals surface area contributed by atoms with E-state index in [1.165, 1.54) is 17.5 Å². The molecule has 1 N–H and O–H groups in total. The largest absolute Gasteiger partial charge is 0.468 e. The number of rotatable bonds is 6. The lowest BCUT2D eigenvalue weighted by molar-refractivity contribution is -0.141. The fourth-order valence-electron chi connectivity index (χ4n) is 2.19. The van der Waals surface area contributed by atoms with Crippen molar-refractivity contribution >= 4 is 44.8 Å². The Labute approximate surface area is 149 Å². The van der Waals surface area contributed by atoms with Crippen molar-refractivity contribution in [3.63, 3.8) is 0 Å². The molecular weight excluding hydrogens is 378 g/mol. The average Bonchev–Trinajstić information content (AvgIpc) is 3.00. The number of piperazine rings is 1. The molecule has 0 aliphatic carbocycles. The van der Waals surface area contributed by atoms with Gasteiger partial charge in [0.15, 0.2) is 0 Å². The van der Waals surface area contributed by atoms with Crippen LogP contribution in [0.5, 0.6) is 0 Å². The summed E-state index contributed by atoms with van der Waals surface area (Å²) in [5.74, 6) is -0.824. The maximum atomic E-state index is 12.5. The van der Waals surface area contributed by atoms with Crippen molar-refractivity contribution in [2.75, 3.05) is 46.4 Å². The molecule has 0 spiro atoms. The molecule has 1 aliphatic heterocycles. The Kier molecular flexibility index (Phi) is 6.58. The van der Waals surface area contributed by atoms with E-state index in [1.54, 1.807) is 6.07 Å². The zero-order valence-corrected chi connectivity index (χ0v) is 15.4. The highest BCUT2D eigenvalue weighted by atomic mass is 35.5. The molecule has 2 heterocycles. The van der Waals surface area contributed by atoms with Gasteiger partial charge in [0.25, 0.3) is 10.0 Å². The molecule has 0 radical (unpaired) electrons. The Balaban J connectivity index is 1.83. The van der Waals surface area contributed by atoms with E-state index in [9.17, 15) is 18.0 Å². The van der Waals surface area contributed by atoms with E-state index in [-0.39, 0.29) is 23.2 Å². The van der Waals surface area contributed by atoms with Gasteiger partial charge in [-0.1, -0.05) is 11.6 Å². The number of carbonyl (C=O) groups excluding carboxylic acids is 2. The van der Waals surface area contributed by atoms with Crippen LogP contribution in [0.15, 0.2) is 16.3 Å². The number of methoxy groups -OCH3 is 1. The molecule has 1 saturated heterocycles. The second-order valence-corrected chi connectivity index (χ2v) is 8.97. The van der Waals surface area contributed by atoms with Crippen LogP contribution in [0.4, 0.5) is 0 Å². The maximum absolute atomic E-state index is 12.5. The maximum Gasteiger partial charge on any atom is 0.325 e. The van der Waals surface area contributed by atoms with Crippen LogP contribution >= 0.6 is 22.9 Å². The SMILES string of the molecule is COC(=O)CNC(=O)CN1CCN(S(=O)(=O)c2ccc(Cl)s2)CC1. The molecule has 1 fully saturated rings. The third-order valence-corrected chi connectivity index (χ3v) is 7.10. The first kappa shape index (κ1) is 19.1. The van der Waals surface area contributed by atoms with Crippen LogP contribution in [-0.4, -0.2) is 75.9 Å². The first-order chi connectivity index (χ1) is 11.3. The smallest absolute Gasteiger partial charge is 0.325 e. The van der Waals surface area contributed by atoms with Crippen molar-refractivity contribution < 1.29 is 22.7 Å². The zero-order chi connectivity index (χ0) is 17.7. The molecule has 1 aromatic heterocycles. The van der Waals surface area contributed by atoms with Gasteiger partial charge in [0.1, 0.15) is 10.8 Å². The molecule has 0 unspecified atom stereocenters. The summed E-state index contributed by atoms with van der Waals surface area (Å²) in [5.41, 5.74) is 0. The van der Waals surface area contributed by atoms with Crippen molar-refractivity contribution in [1.29, 1.82) is 0 Å². The zero-order valence-electron chi connectivity index (χ0n) is 13.0. The molecule has 2 rings (SSSR count). The summed E-state index contributed by atoms with van der Waals surface area (Å²) in [5, 5.41) is 2.45. The van der Waals surface area contributed by atoms with Crippen molar-refractivity contribution in [3.8, 4) is 0 Å². The van der Waals surface area contributed by atoms with Gasteiger partial charge in [-0.15, -0.1) is 11.3 Å². The molecule has 134 valence electrons. The van der Waals surface area contributed by atoms with Crippen LogP contribution in [0.3, 0.4) is 0 Å². The number of amides is 1. The summed E-state index contributed by atoms with van der Waals surface area (Å²) < 4.78 is 31.4. The number of esters is 1. The highest BCUT2D eigenvalue weighted by molar-refractivity contribution is 7.91. The number of sulfonamides is 1. The van der Waals surface area contributed by atoms with Crippen LogP contribution in [0, 0.1) is 0 Å². The third-order valence-electron chi connectivity index (χ3n) is 3.50. The topological polar surface area (TPSA) is 96.0 Å². The Morgan fingerprint density at radius 2 is 1.96 bits per heavy atom. The Hall–Kier alpha value is -1.20. The fraction of sp³-hybridized carbons (Fsp3) is 0.538. The lowest BCUT2D eigenvalue weighted by Gasteiger charge is -2.33. The molecule has 24 heavy (non-hydrogen) atoms. The molecule has 11 heteroatoms. The predicted molar refractivity (Wildman–Crippen MR) is 89.6 cm³/mol. The Bertz CT molecular complexity index is 698. The standard InChI is InChI=1S/C13H18ClN3O5S2/c1-22-12(19)8-15-11(18)9-16-4-6-17(7-5-16)24(20,21)13-3-2-10(14)23-13/h2-3H,4-9H2,1H3,(H,15,18). The Morgan fingerprint density at radius 3 is 2.50 bits per heavy atom.